The lowest BCUT2D eigenvalue weighted by Crippen LogP contribution is -2.42. The molecule has 142 valence electrons. The second-order valence-corrected chi connectivity index (χ2v) is 8.00. The van der Waals surface area contributed by atoms with E-state index < -0.39 is 0 Å². The summed E-state index contributed by atoms with van der Waals surface area (Å²) < 4.78 is 11.6. The Labute approximate surface area is 159 Å². The highest BCUT2D eigenvalue weighted by Crippen LogP contribution is 2.55. The molecule has 3 aliphatic rings. The summed E-state index contributed by atoms with van der Waals surface area (Å²) in [6, 6.07) is 3.90. The van der Waals surface area contributed by atoms with E-state index in [2.05, 4.69) is 15.2 Å². The average Bonchev–Trinajstić information content (AvgIpc) is 3.28. The topological polar surface area (TPSA) is 63.7 Å². The molecule has 2 bridgehead atoms. The highest BCUT2D eigenvalue weighted by atomic mass is 35.5. The Hall–Kier alpha value is -1.37. The second kappa shape index (κ2) is 6.98. The van der Waals surface area contributed by atoms with E-state index in [1.165, 1.54) is 0 Å². The Balaban J connectivity index is 1.44. The van der Waals surface area contributed by atoms with Crippen molar-refractivity contribution in [1.29, 1.82) is 0 Å². The first kappa shape index (κ1) is 18.0. The maximum absolute atomic E-state index is 11.9. The molecule has 26 heavy (non-hydrogen) atoms. The molecule has 0 saturated carbocycles. The molecular weight excluding hydrogens is 354 g/mol. The standard InChI is InChI=1S/C19H26ClN3O3/c1-3-25-10-18(24)21-8-13-14-9-23(11-19(14)7-6-16(13)26-19)17-5-4-15(20)12(2)22-17/h4-5,13-14,16H,3,6-11H2,1-2H3,(H,21,24)/t13-,14+,16+,19+/m0/s1. The molecule has 0 radical (unpaired) electrons. The molecule has 7 heteroatoms. The first-order valence-corrected chi connectivity index (χ1v) is 9.80. The Morgan fingerprint density at radius 1 is 1.54 bits per heavy atom. The molecule has 1 spiro atoms. The van der Waals surface area contributed by atoms with Gasteiger partial charge in [-0.3, -0.25) is 4.79 Å². The normalized spacial score (nSPS) is 32.1. The number of rotatable bonds is 6. The molecule has 3 aliphatic heterocycles. The van der Waals surface area contributed by atoms with E-state index in [1.807, 2.05) is 26.0 Å². The van der Waals surface area contributed by atoms with Crippen molar-refractivity contribution < 1.29 is 14.3 Å². The number of amides is 1. The Morgan fingerprint density at radius 3 is 3.15 bits per heavy atom. The van der Waals surface area contributed by atoms with E-state index in [0.29, 0.717) is 30.0 Å². The fraction of sp³-hybridized carbons (Fsp3) is 0.684. The van der Waals surface area contributed by atoms with Crippen molar-refractivity contribution in [3.63, 3.8) is 0 Å². The fourth-order valence-corrected chi connectivity index (χ4v) is 4.93. The smallest absolute Gasteiger partial charge is 0.246 e. The van der Waals surface area contributed by atoms with Gasteiger partial charge in [-0.05, 0) is 38.8 Å². The summed E-state index contributed by atoms with van der Waals surface area (Å²) in [7, 11) is 0. The maximum Gasteiger partial charge on any atom is 0.246 e. The number of carbonyl (C=O) groups is 1. The summed E-state index contributed by atoms with van der Waals surface area (Å²) in [6.45, 7) is 6.94. The Morgan fingerprint density at radius 2 is 2.38 bits per heavy atom. The van der Waals surface area contributed by atoms with Crippen LogP contribution >= 0.6 is 11.6 Å². The van der Waals surface area contributed by atoms with Gasteiger partial charge < -0.3 is 19.7 Å². The zero-order valence-electron chi connectivity index (χ0n) is 15.3. The molecule has 6 nitrogen and oxygen atoms in total. The van der Waals surface area contributed by atoms with Gasteiger partial charge in [-0.15, -0.1) is 0 Å². The second-order valence-electron chi connectivity index (χ2n) is 7.59. The van der Waals surface area contributed by atoms with Crippen molar-refractivity contribution in [2.45, 2.75) is 38.4 Å². The van der Waals surface area contributed by atoms with Crippen LogP contribution in [0.15, 0.2) is 12.1 Å². The van der Waals surface area contributed by atoms with Crippen molar-refractivity contribution in [2.75, 3.05) is 37.7 Å². The number of hydrogen-bond acceptors (Lipinski definition) is 5. The Bertz CT molecular complexity index is 701. The van der Waals surface area contributed by atoms with Crippen molar-refractivity contribution in [1.82, 2.24) is 10.3 Å². The van der Waals surface area contributed by atoms with Gasteiger partial charge in [0.15, 0.2) is 0 Å². The van der Waals surface area contributed by atoms with Crippen molar-refractivity contribution in [3.8, 4) is 0 Å². The van der Waals surface area contributed by atoms with Crippen LogP contribution in [0.3, 0.4) is 0 Å². The van der Waals surface area contributed by atoms with E-state index in [1.54, 1.807) is 0 Å². The monoisotopic (exact) mass is 379 g/mol. The van der Waals surface area contributed by atoms with Crippen LogP contribution in [0.2, 0.25) is 5.02 Å². The number of aromatic nitrogens is 1. The lowest BCUT2D eigenvalue weighted by Gasteiger charge is -2.29. The van der Waals surface area contributed by atoms with Crippen molar-refractivity contribution >= 4 is 23.3 Å². The molecule has 1 N–H and O–H groups in total. The number of nitrogens with zero attached hydrogens (tertiary/aromatic N) is 2. The number of carbonyl (C=O) groups excluding carboxylic acids is 1. The van der Waals surface area contributed by atoms with Gasteiger partial charge in [0.25, 0.3) is 0 Å². The van der Waals surface area contributed by atoms with Crippen LogP contribution < -0.4 is 10.2 Å². The van der Waals surface area contributed by atoms with Crippen LogP contribution in [-0.4, -0.2) is 55.4 Å². The molecule has 0 aliphatic carbocycles. The van der Waals surface area contributed by atoms with E-state index in [9.17, 15) is 4.79 Å². The summed E-state index contributed by atoms with van der Waals surface area (Å²) in [6.07, 6.45) is 2.42. The van der Waals surface area contributed by atoms with Gasteiger partial charge in [-0.2, -0.15) is 0 Å². The number of halogens is 1. The van der Waals surface area contributed by atoms with Gasteiger partial charge in [0, 0.05) is 38.1 Å². The third-order valence-electron chi connectivity index (χ3n) is 6.09. The number of fused-ring (bicyclic) bond motifs is 1. The first-order valence-electron chi connectivity index (χ1n) is 9.43. The van der Waals surface area contributed by atoms with E-state index in [0.717, 1.165) is 37.4 Å². The van der Waals surface area contributed by atoms with Gasteiger partial charge >= 0.3 is 0 Å². The van der Waals surface area contributed by atoms with Crippen LogP contribution in [0.5, 0.6) is 0 Å². The quantitative estimate of drug-likeness (QED) is 0.820. The largest absolute Gasteiger partial charge is 0.372 e. The molecule has 3 saturated heterocycles. The van der Waals surface area contributed by atoms with Crippen LogP contribution in [0.25, 0.3) is 0 Å². The number of nitrogens with one attached hydrogen (secondary N) is 1. The van der Waals surface area contributed by atoms with Crippen molar-refractivity contribution in [3.05, 3.63) is 22.8 Å². The minimum atomic E-state index is -0.0881. The SMILES string of the molecule is CCOCC(=O)NC[C@H]1[C@H]2CN(c3ccc(Cl)c(C)n3)C[C@]23CC[C@H]1O3. The van der Waals surface area contributed by atoms with Crippen LogP contribution in [-0.2, 0) is 14.3 Å². The van der Waals surface area contributed by atoms with Crippen molar-refractivity contribution in [2.24, 2.45) is 11.8 Å². The number of aryl methyl sites for hydroxylation is 1. The highest BCUT2D eigenvalue weighted by Gasteiger charge is 2.63. The molecule has 0 aromatic carbocycles. The van der Waals surface area contributed by atoms with E-state index in [-0.39, 0.29) is 24.2 Å². The van der Waals surface area contributed by atoms with Crippen LogP contribution in [0, 0.1) is 18.8 Å². The molecule has 1 amide bonds. The zero-order chi connectivity index (χ0) is 18.3. The average molecular weight is 380 g/mol. The summed E-state index contributed by atoms with van der Waals surface area (Å²) in [4.78, 5) is 18.9. The molecule has 4 heterocycles. The number of ether oxygens (including phenoxy) is 2. The Kier molecular flexibility index (Phi) is 4.84. The molecule has 1 aromatic heterocycles. The highest BCUT2D eigenvalue weighted by molar-refractivity contribution is 6.31. The third kappa shape index (κ3) is 3.08. The predicted molar refractivity (Wildman–Crippen MR) is 99.5 cm³/mol. The third-order valence-corrected chi connectivity index (χ3v) is 6.49. The number of pyridine rings is 1. The van der Waals surface area contributed by atoms with Gasteiger partial charge in [0.05, 0.1) is 22.4 Å². The predicted octanol–water partition coefficient (Wildman–Crippen LogP) is 2.18. The summed E-state index contributed by atoms with van der Waals surface area (Å²) in [5.74, 6) is 1.69. The zero-order valence-corrected chi connectivity index (χ0v) is 16.1. The molecule has 4 atom stereocenters. The van der Waals surface area contributed by atoms with E-state index in [4.69, 9.17) is 21.1 Å². The minimum absolute atomic E-state index is 0.0477. The molecular formula is C19H26ClN3O3. The first-order chi connectivity index (χ1) is 12.5. The molecule has 4 rings (SSSR count). The van der Waals surface area contributed by atoms with E-state index >= 15 is 0 Å². The molecule has 0 unspecified atom stereocenters. The number of hydrogen-bond donors (Lipinski definition) is 1. The summed E-state index contributed by atoms with van der Waals surface area (Å²) >= 11 is 6.12. The molecule has 1 aromatic rings. The minimum Gasteiger partial charge on any atom is -0.372 e. The number of anilines is 1. The van der Waals surface area contributed by atoms with Gasteiger partial charge in [-0.25, -0.2) is 4.98 Å². The van der Waals surface area contributed by atoms with Crippen LogP contribution in [0.4, 0.5) is 5.82 Å². The summed E-state index contributed by atoms with van der Waals surface area (Å²) in [5.41, 5.74) is 0.763. The summed E-state index contributed by atoms with van der Waals surface area (Å²) in [5, 5.41) is 3.72. The lowest BCUT2D eigenvalue weighted by atomic mass is 9.73. The lowest BCUT2D eigenvalue weighted by molar-refractivity contribution is -0.125. The van der Waals surface area contributed by atoms with Gasteiger partial charge in [-0.1, -0.05) is 11.6 Å². The van der Waals surface area contributed by atoms with Crippen LogP contribution in [0.1, 0.15) is 25.5 Å². The van der Waals surface area contributed by atoms with Gasteiger partial charge in [0.2, 0.25) is 5.91 Å². The van der Waals surface area contributed by atoms with Gasteiger partial charge in [0.1, 0.15) is 12.4 Å². The molecule has 3 fully saturated rings. The fourth-order valence-electron chi connectivity index (χ4n) is 4.82. The maximum atomic E-state index is 11.9.